The number of hydrogen-bond donors (Lipinski definition) is 0. The molecule has 0 aliphatic rings. The number of fused-ring (bicyclic) bond motifs is 3. The fourth-order valence-corrected chi connectivity index (χ4v) is 9.31. The lowest BCUT2D eigenvalue weighted by Crippen LogP contribution is -1.97. The van der Waals surface area contributed by atoms with E-state index < -0.39 is 0 Å². The van der Waals surface area contributed by atoms with Gasteiger partial charge in [-0.2, -0.15) is 5.10 Å². The van der Waals surface area contributed by atoms with Crippen LogP contribution in [-0.4, -0.2) is 19.6 Å². The average molecular weight is 855 g/mol. The second-order valence-electron chi connectivity index (χ2n) is 16.9. The molecule has 0 unspecified atom stereocenters. The van der Waals surface area contributed by atoms with Crippen molar-refractivity contribution in [3.8, 4) is 101 Å². The van der Waals surface area contributed by atoms with Crippen LogP contribution in [0, 0.1) is 0 Å². The maximum atomic E-state index is 5.41. The van der Waals surface area contributed by atoms with Crippen LogP contribution in [0.2, 0.25) is 0 Å². The van der Waals surface area contributed by atoms with Gasteiger partial charge >= 0.3 is 0 Å². The summed E-state index contributed by atoms with van der Waals surface area (Å²) in [4.78, 5) is 10.5. The minimum atomic E-state index is 0.679. The fraction of sp³-hybridized carbons (Fsp3) is 0. The van der Waals surface area contributed by atoms with Gasteiger partial charge in [-0.05, 0) is 86.8 Å². The van der Waals surface area contributed by atoms with E-state index in [0.29, 0.717) is 5.82 Å². The van der Waals surface area contributed by atoms with E-state index in [1.807, 2.05) is 18.2 Å². The Balaban J connectivity index is 1.03. The van der Waals surface area contributed by atoms with Gasteiger partial charge in [-0.15, -0.1) is 0 Å². The van der Waals surface area contributed by atoms with Crippen LogP contribution in [0.4, 0.5) is 0 Å². The molecule has 3 heterocycles. The van der Waals surface area contributed by atoms with Crippen LogP contribution in [0.15, 0.2) is 255 Å². The average Bonchev–Trinajstić information content (AvgIpc) is 3.83. The van der Waals surface area contributed by atoms with Gasteiger partial charge in [0, 0.05) is 38.8 Å². The molecule has 4 heteroatoms. The molecule has 9 aromatic carbocycles. The van der Waals surface area contributed by atoms with E-state index in [1.165, 1.54) is 0 Å². The molecule has 0 bridgehead atoms. The van der Waals surface area contributed by atoms with E-state index in [4.69, 9.17) is 15.1 Å². The van der Waals surface area contributed by atoms with Crippen LogP contribution in [-0.2, 0) is 0 Å². The standard InChI is InChI=1S/C63H42N4/c1-7-20-43(21-8-1)52-38-53(44-22-9-2-10-23-44)40-55(39-52)58-42-57(64-63(65-58)48-30-17-6-18-31-48)51-33-19-32-49(36-51)50-34-35-56-54(37-50)41-59(45-24-11-3-12-25-45)67-62(56)60(46-26-13-4-14-27-46)61(66-67)47-28-15-5-16-29-47/h1-42H. The van der Waals surface area contributed by atoms with E-state index in [2.05, 4.69) is 241 Å². The molecular weight excluding hydrogens is 813 g/mol. The third-order valence-corrected chi connectivity index (χ3v) is 12.6. The van der Waals surface area contributed by atoms with E-state index in [-0.39, 0.29) is 0 Å². The lowest BCUT2D eigenvalue weighted by molar-refractivity contribution is 0.979. The number of benzene rings is 9. The van der Waals surface area contributed by atoms with Crippen molar-refractivity contribution in [1.82, 2.24) is 19.6 Å². The molecule has 0 N–H and O–H groups in total. The zero-order chi connectivity index (χ0) is 44.5. The molecule has 0 atom stereocenters. The highest BCUT2D eigenvalue weighted by Gasteiger charge is 2.22. The number of hydrogen-bond acceptors (Lipinski definition) is 3. The van der Waals surface area contributed by atoms with E-state index in [9.17, 15) is 0 Å². The molecule has 0 aliphatic carbocycles. The molecule has 0 spiro atoms. The molecule has 0 radical (unpaired) electrons. The first-order chi connectivity index (χ1) is 33.2. The molecule has 67 heavy (non-hydrogen) atoms. The van der Waals surface area contributed by atoms with Crippen molar-refractivity contribution in [1.29, 1.82) is 0 Å². The smallest absolute Gasteiger partial charge is 0.160 e. The van der Waals surface area contributed by atoms with Crippen molar-refractivity contribution in [3.63, 3.8) is 0 Å². The molecule has 0 aliphatic heterocycles. The Bertz CT molecular complexity index is 3640. The summed E-state index contributed by atoms with van der Waals surface area (Å²) in [5.74, 6) is 0.679. The van der Waals surface area contributed by atoms with Crippen molar-refractivity contribution in [3.05, 3.63) is 255 Å². The summed E-state index contributed by atoms with van der Waals surface area (Å²) in [5.41, 5.74) is 19.0. The summed E-state index contributed by atoms with van der Waals surface area (Å²) in [6.45, 7) is 0. The third kappa shape index (κ3) is 7.67. The number of pyridine rings is 1. The summed E-state index contributed by atoms with van der Waals surface area (Å²) in [5, 5.41) is 7.68. The zero-order valence-electron chi connectivity index (χ0n) is 36.5. The fourth-order valence-electron chi connectivity index (χ4n) is 9.31. The zero-order valence-corrected chi connectivity index (χ0v) is 36.5. The molecule has 12 aromatic rings. The van der Waals surface area contributed by atoms with E-state index in [1.54, 1.807) is 0 Å². The predicted octanol–water partition coefficient (Wildman–Crippen LogP) is 16.3. The minimum Gasteiger partial charge on any atom is -0.231 e. The SMILES string of the molecule is c1ccc(-c2cc(-c3ccccc3)cc(-c3cc(-c4cccc(-c5ccc6c(c5)cc(-c5ccccc5)n5nc(-c7ccccc7)c(-c7ccccc7)c65)c4)nc(-c4ccccc4)n3)c2)cc1. The number of nitrogens with zero attached hydrogens (tertiary/aromatic N) is 4. The van der Waals surface area contributed by atoms with Crippen LogP contribution in [0.25, 0.3) is 117 Å². The highest BCUT2D eigenvalue weighted by atomic mass is 15.2. The van der Waals surface area contributed by atoms with Crippen LogP contribution in [0.1, 0.15) is 0 Å². The maximum absolute atomic E-state index is 5.41. The summed E-state index contributed by atoms with van der Waals surface area (Å²) < 4.78 is 2.15. The molecule has 0 amide bonds. The molecule has 12 rings (SSSR count). The second-order valence-corrected chi connectivity index (χ2v) is 16.9. The monoisotopic (exact) mass is 854 g/mol. The van der Waals surface area contributed by atoms with Gasteiger partial charge in [0.05, 0.1) is 22.6 Å². The highest BCUT2D eigenvalue weighted by Crippen LogP contribution is 2.42. The third-order valence-electron chi connectivity index (χ3n) is 12.6. The molecular formula is C63H42N4. The minimum absolute atomic E-state index is 0.679. The van der Waals surface area contributed by atoms with Crippen LogP contribution in [0.3, 0.4) is 0 Å². The lowest BCUT2D eigenvalue weighted by Gasteiger charge is -2.14. The van der Waals surface area contributed by atoms with Crippen LogP contribution >= 0.6 is 0 Å². The molecule has 4 nitrogen and oxygen atoms in total. The molecule has 314 valence electrons. The maximum Gasteiger partial charge on any atom is 0.160 e. The van der Waals surface area contributed by atoms with Gasteiger partial charge in [-0.25, -0.2) is 14.5 Å². The molecule has 0 saturated heterocycles. The number of aromatic nitrogens is 4. The first kappa shape index (κ1) is 39.6. The Labute approximate surface area is 389 Å². The Kier molecular flexibility index (Phi) is 10.2. The largest absolute Gasteiger partial charge is 0.231 e. The second kappa shape index (κ2) is 17.2. The molecule has 0 saturated carbocycles. The summed E-state index contributed by atoms with van der Waals surface area (Å²) in [6, 6.07) is 90.0. The van der Waals surface area contributed by atoms with Crippen molar-refractivity contribution >= 4 is 16.3 Å². The Morgan fingerprint density at radius 1 is 0.284 bits per heavy atom. The van der Waals surface area contributed by atoms with Crippen molar-refractivity contribution in [2.24, 2.45) is 0 Å². The van der Waals surface area contributed by atoms with Crippen LogP contribution in [0.5, 0.6) is 0 Å². The first-order valence-corrected chi connectivity index (χ1v) is 22.7. The first-order valence-electron chi connectivity index (χ1n) is 22.7. The Morgan fingerprint density at radius 3 is 1.33 bits per heavy atom. The van der Waals surface area contributed by atoms with E-state index in [0.717, 1.165) is 111 Å². The van der Waals surface area contributed by atoms with Gasteiger partial charge in [-0.3, -0.25) is 0 Å². The van der Waals surface area contributed by atoms with Gasteiger partial charge in [-0.1, -0.05) is 212 Å². The summed E-state index contributed by atoms with van der Waals surface area (Å²) in [7, 11) is 0. The lowest BCUT2D eigenvalue weighted by atomic mass is 9.94. The molecule has 3 aromatic heterocycles. The quantitative estimate of drug-likeness (QED) is 0.145. The van der Waals surface area contributed by atoms with Crippen LogP contribution < -0.4 is 0 Å². The topological polar surface area (TPSA) is 43.1 Å². The van der Waals surface area contributed by atoms with Crippen molar-refractivity contribution in [2.75, 3.05) is 0 Å². The highest BCUT2D eigenvalue weighted by molar-refractivity contribution is 6.09. The normalized spacial score (nSPS) is 11.3. The van der Waals surface area contributed by atoms with Gasteiger partial charge < -0.3 is 0 Å². The van der Waals surface area contributed by atoms with Gasteiger partial charge in [0.15, 0.2) is 5.82 Å². The summed E-state index contributed by atoms with van der Waals surface area (Å²) >= 11 is 0. The molecule has 0 fully saturated rings. The van der Waals surface area contributed by atoms with Gasteiger partial charge in [0.25, 0.3) is 0 Å². The summed E-state index contributed by atoms with van der Waals surface area (Å²) in [6.07, 6.45) is 0. The Morgan fingerprint density at radius 2 is 0.731 bits per heavy atom. The van der Waals surface area contributed by atoms with Gasteiger partial charge in [0.2, 0.25) is 0 Å². The van der Waals surface area contributed by atoms with Crippen molar-refractivity contribution < 1.29 is 0 Å². The predicted molar refractivity (Wildman–Crippen MR) is 277 cm³/mol. The van der Waals surface area contributed by atoms with E-state index >= 15 is 0 Å². The van der Waals surface area contributed by atoms with Gasteiger partial charge in [0.1, 0.15) is 5.69 Å². The number of rotatable bonds is 9. The van der Waals surface area contributed by atoms with Crippen molar-refractivity contribution in [2.45, 2.75) is 0 Å². The Hall–Kier alpha value is -8.99.